The minimum atomic E-state index is -0.870. The summed E-state index contributed by atoms with van der Waals surface area (Å²) in [7, 11) is 0. The summed E-state index contributed by atoms with van der Waals surface area (Å²) >= 11 is 0. The lowest BCUT2D eigenvalue weighted by Gasteiger charge is -2.26. The van der Waals surface area contributed by atoms with Crippen LogP contribution in [0, 0.1) is 0 Å². The van der Waals surface area contributed by atoms with Gasteiger partial charge in [-0.1, -0.05) is 12.1 Å². The maximum absolute atomic E-state index is 13.0. The minimum Gasteiger partial charge on any atom is -0.508 e. The fourth-order valence-corrected chi connectivity index (χ4v) is 3.32. The highest BCUT2D eigenvalue weighted by Gasteiger charge is 2.44. The lowest BCUT2D eigenvalue weighted by Crippen LogP contribution is -2.30. The van der Waals surface area contributed by atoms with Gasteiger partial charge in [0, 0.05) is 18.9 Å². The number of aromatic nitrogens is 1. The zero-order valence-corrected chi connectivity index (χ0v) is 14.6. The molecule has 28 heavy (non-hydrogen) atoms. The van der Waals surface area contributed by atoms with E-state index < -0.39 is 23.5 Å². The van der Waals surface area contributed by atoms with E-state index >= 15 is 0 Å². The Bertz CT molecular complexity index is 1060. The molecule has 140 valence electrons. The first-order valence-electron chi connectivity index (χ1n) is 8.56. The van der Waals surface area contributed by atoms with Crippen molar-refractivity contribution in [1.82, 2.24) is 9.88 Å². The van der Waals surface area contributed by atoms with Gasteiger partial charge < -0.3 is 19.5 Å². The van der Waals surface area contributed by atoms with Gasteiger partial charge in [0.1, 0.15) is 5.75 Å². The summed E-state index contributed by atoms with van der Waals surface area (Å²) < 4.78 is 5.17. The Morgan fingerprint density at radius 3 is 2.57 bits per heavy atom. The number of hydrogen-bond acceptors (Lipinski definition) is 6. The molecule has 0 radical (unpaired) electrons. The predicted octanol–water partition coefficient (Wildman–Crippen LogP) is 3.16. The summed E-state index contributed by atoms with van der Waals surface area (Å²) in [6, 6.07) is 11.9. The van der Waals surface area contributed by atoms with E-state index in [1.54, 1.807) is 42.7 Å². The molecule has 3 heterocycles. The van der Waals surface area contributed by atoms with Crippen LogP contribution in [0.5, 0.6) is 5.75 Å². The molecule has 2 N–H and O–H groups in total. The number of nitrogens with zero attached hydrogens (tertiary/aromatic N) is 2. The summed E-state index contributed by atoms with van der Waals surface area (Å²) in [6.45, 7) is 0.153. The molecule has 0 saturated heterocycles. The highest BCUT2D eigenvalue weighted by molar-refractivity contribution is 6.15. The maximum Gasteiger partial charge on any atom is 0.290 e. The van der Waals surface area contributed by atoms with E-state index in [0.29, 0.717) is 5.56 Å². The van der Waals surface area contributed by atoms with E-state index in [2.05, 4.69) is 4.98 Å². The number of pyridine rings is 1. The average Bonchev–Trinajstić information content (AvgIpc) is 3.32. The summed E-state index contributed by atoms with van der Waals surface area (Å²) in [6.07, 6.45) is 4.54. The molecular formula is C21H16N2O5. The number of hydrogen-bond donors (Lipinski definition) is 2. The molecule has 2 aromatic heterocycles. The van der Waals surface area contributed by atoms with Crippen molar-refractivity contribution in [2.75, 3.05) is 0 Å². The Balaban J connectivity index is 1.81. The monoisotopic (exact) mass is 376 g/mol. The first kappa shape index (κ1) is 17.5. The topological polar surface area (TPSA) is 104 Å². The van der Waals surface area contributed by atoms with Crippen molar-refractivity contribution >= 4 is 11.7 Å². The van der Waals surface area contributed by atoms with Crippen LogP contribution in [0.2, 0.25) is 0 Å². The average molecular weight is 376 g/mol. The fraction of sp³-hybridized carbons (Fsp3) is 0.0952. The number of phenolic OH excluding ortho intramolecular Hbond substituents is 1. The van der Waals surface area contributed by atoms with Crippen molar-refractivity contribution in [3.8, 4) is 5.75 Å². The zero-order chi connectivity index (χ0) is 19.7. The van der Waals surface area contributed by atoms with Gasteiger partial charge in [0.25, 0.3) is 5.91 Å². The molecule has 1 aromatic carbocycles. The zero-order valence-electron chi connectivity index (χ0n) is 14.6. The number of aromatic hydroxyl groups is 1. The molecular weight excluding hydrogens is 360 g/mol. The summed E-state index contributed by atoms with van der Waals surface area (Å²) in [5.74, 6) is -1.86. The van der Waals surface area contributed by atoms with Gasteiger partial charge in [0.05, 0.1) is 17.9 Å². The third-order valence-corrected chi connectivity index (χ3v) is 4.58. The molecule has 7 nitrogen and oxygen atoms in total. The molecule has 0 aliphatic carbocycles. The molecule has 0 spiro atoms. The Morgan fingerprint density at radius 2 is 1.89 bits per heavy atom. The Labute approximate surface area is 160 Å². The van der Waals surface area contributed by atoms with E-state index in [-0.39, 0.29) is 23.6 Å². The van der Waals surface area contributed by atoms with Crippen LogP contribution in [-0.2, 0) is 11.3 Å². The second-order valence-corrected chi connectivity index (χ2v) is 6.35. The second-order valence-electron chi connectivity index (χ2n) is 6.35. The number of Topliss-reactive ketones (excluding diaryl/α,β-unsaturated/α-hetero) is 1. The summed E-state index contributed by atoms with van der Waals surface area (Å²) in [5.41, 5.74) is 1.20. The van der Waals surface area contributed by atoms with E-state index in [1.807, 2.05) is 0 Å². The molecule has 0 saturated carbocycles. The molecule has 3 aromatic rings. The number of ketones is 1. The summed E-state index contributed by atoms with van der Waals surface area (Å²) in [4.78, 5) is 31.1. The van der Waals surface area contributed by atoms with Crippen LogP contribution >= 0.6 is 0 Å². The van der Waals surface area contributed by atoms with E-state index in [1.165, 1.54) is 29.4 Å². The van der Waals surface area contributed by atoms with Gasteiger partial charge >= 0.3 is 0 Å². The molecule has 4 rings (SSSR count). The van der Waals surface area contributed by atoms with Crippen LogP contribution in [0.1, 0.15) is 27.7 Å². The van der Waals surface area contributed by atoms with Crippen molar-refractivity contribution in [2.45, 2.75) is 12.6 Å². The van der Waals surface area contributed by atoms with Crippen LogP contribution in [0.4, 0.5) is 0 Å². The quantitative estimate of drug-likeness (QED) is 0.663. The fourth-order valence-electron chi connectivity index (χ4n) is 3.32. The van der Waals surface area contributed by atoms with Gasteiger partial charge in [-0.15, -0.1) is 0 Å². The van der Waals surface area contributed by atoms with Gasteiger partial charge in [-0.2, -0.15) is 0 Å². The van der Waals surface area contributed by atoms with Crippen LogP contribution < -0.4 is 0 Å². The number of carbonyl (C=O) groups is 2. The van der Waals surface area contributed by atoms with Crippen molar-refractivity contribution in [3.63, 3.8) is 0 Å². The number of carbonyl (C=O) groups excluding carboxylic acids is 2. The van der Waals surface area contributed by atoms with Gasteiger partial charge in [0.2, 0.25) is 5.78 Å². The molecule has 1 aliphatic rings. The SMILES string of the molecule is O=C(C1=C(O)C(=O)N(Cc2ccncc2)C1c1cccc(O)c1)c1ccco1. The number of furan rings is 1. The number of phenols is 1. The first-order valence-corrected chi connectivity index (χ1v) is 8.56. The lowest BCUT2D eigenvalue weighted by molar-refractivity contribution is -0.130. The Hall–Kier alpha value is -3.87. The number of aliphatic hydroxyl groups is 1. The van der Waals surface area contributed by atoms with Crippen molar-refractivity contribution in [2.24, 2.45) is 0 Å². The highest BCUT2D eigenvalue weighted by atomic mass is 16.3. The van der Waals surface area contributed by atoms with E-state index in [0.717, 1.165) is 5.56 Å². The van der Waals surface area contributed by atoms with Gasteiger partial charge in [-0.3, -0.25) is 14.6 Å². The highest BCUT2D eigenvalue weighted by Crippen LogP contribution is 2.40. The van der Waals surface area contributed by atoms with Crippen LogP contribution in [0.15, 0.2) is 82.9 Å². The number of aliphatic hydroxyl groups excluding tert-OH is 1. The molecule has 1 atom stereocenters. The molecule has 1 unspecified atom stereocenters. The molecule has 1 aliphatic heterocycles. The predicted molar refractivity (Wildman–Crippen MR) is 98.3 cm³/mol. The van der Waals surface area contributed by atoms with Crippen LogP contribution in [0.3, 0.4) is 0 Å². The van der Waals surface area contributed by atoms with Gasteiger partial charge in [0.15, 0.2) is 11.5 Å². The maximum atomic E-state index is 13.0. The van der Waals surface area contributed by atoms with E-state index in [9.17, 15) is 19.8 Å². The largest absolute Gasteiger partial charge is 0.508 e. The van der Waals surface area contributed by atoms with Crippen molar-refractivity contribution in [3.05, 3.63) is 95.4 Å². The smallest absolute Gasteiger partial charge is 0.290 e. The van der Waals surface area contributed by atoms with Gasteiger partial charge in [-0.05, 0) is 47.5 Å². The lowest BCUT2D eigenvalue weighted by atomic mass is 9.94. The van der Waals surface area contributed by atoms with Gasteiger partial charge in [-0.25, -0.2) is 0 Å². The van der Waals surface area contributed by atoms with Crippen LogP contribution in [0.25, 0.3) is 0 Å². The van der Waals surface area contributed by atoms with Crippen LogP contribution in [-0.4, -0.2) is 31.8 Å². The molecule has 0 bridgehead atoms. The Kier molecular flexibility index (Phi) is 4.41. The normalized spacial score (nSPS) is 16.6. The molecule has 7 heteroatoms. The van der Waals surface area contributed by atoms with Crippen molar-refractivity contribution < 1.29 is 24.2 Å². The number of rotatable bonds is 5. The third-order valence-electron chi connectivity index (χ3n) is 4.58. The minimum absolute atomic E-state index is 0.00926. The van der Waals surface area contributed by atoms with E-state index in [4.69, 9.17) is 4.42 Å². The first-order chi connectivity index (χ1) is 13.6. The van der Waals surface area contributed by atoms with Crippen molar-refractivity contribution in [1.29, 1.82) is 0 Å². The summed E-state index contributed by atoms with van der Waals surface area (Å²) in [5, 5.41) is 20.4. The Morgan fingerprint density at radius 1 is 1.11 bits per heavy atom. The number of amides is 1. The molecule has 1 amide bonds. The molecule has 0 fully saturated rings. The standard InChI is InChI=1S/C21H16N2O5/c24-15-4-1-3-14(11-15)18-17(19(25)16-5-2-10-28-16)20(26)21(27)23(18)12-13-6-8-22-9-7-13/h1-11,18,24,26H,12H2. The third kappa shape index (κ3) is 3.03. The number of benzene rings is 1. The second kappa shape index (κ2) is 7.03.